The number of H-pyrrole nitrogens is 1. The number of fused-ring (bicyclic) bond motifs is 1. The molecule has 2 atom stereocenters. The summed E-state index contributed by atoms with van der Waals surface area (Å²) in [6.45, 7) is 2.32. The summed E-state index contributed by atoms with van der Waals surface area (Å²) in [7, 11) is 0. The van der Waals surface area contributed by atoms with Gasteiger partial charge in [0, 0.05) is 12.1 Å². The quantitative estimate of drug-likeness (QED) is 0.770. The first-order valence-electron chi connectivity index (χ1n) is 5.64. The first-order chi connectivity index (χ1) is 7.34. The fraction of sp³-hybridized carbons (Fsp3) is 0.500. The standard InChI is InChI=1S/C12H15N3/c1-8-3-2-4-9(8)12-14-10-5-6-13-7-11(10)15-12/h5-9H,2-4H2,1H3,(H,14,15). The molecule has 3 nitrogen and oxygen atoms in total. The van der Waals surface area contributed by atoms with E-state index in [1.165, 1.54) is 19.3 Å². The summed E-state index contributed by atoms with van der Waals surface area (Å²) in [5, 5.41) is 0. The van der Waals surface area contributed by atoms with Crippen molar-refractivity contribution in [2.45, 2.75) is 32.1 Å². The lowest BCUT2D eigenvalue weighted by Crippen LogP contribution is -2.03. The minimum absolute atomic E-state index is 0.623. The van der Waals surface area contributed by atoms with E-state index in [1.807, 2.05) is 12.3 Å². The molecule has 78 valence electrons. The summed E-state index contributed by atoms with van der Waals surface area (Å²) in [6, 6.07) is 1.97. The van der Waals surface area contributed by atoms with Gasteiger partial charge in [-0.05, 0) is 24.8 Å². The summed E-state index contributed by atoms with van der Waals surface area (Å²) in [5.74, 6) is 2.54. The first kappa shape index (κ1) is 8.89. The molecule has 0 saturated heterocycles. The number of hydrogen-bond acceptors (Lipinski definition) is 2. The minimum atomic E-state index is 0.623. The van der Waals surface area contributed by atoms with Gasteiger partial charge in [-0.15, -0.1) is 0 Å². The molecule has 0 spiro atoms. The lowest BCUT2D eigenvalue weighted by molar-refractivity contribution is 0.514. The number of rotatable bonds is 1. The summed E-state index contributed by atoms with van der Waals surface area (Å²) in [4.78, 5) is 12.1. The average molecular weight is 201 g/mol. The highest BCUT2D eigenvalue weighted by molar-refractivity contribution is 5.73. The molecule has 1 N–H and O–H groups in total. The van der Waals surface area contributed by atoms with Crippen molar-refractivity contribution in [2.75, 3.05) is 0 Å². The molecular weight excluding hydrogens is 186 g/mol. The maximum atomic E-state index is 4.65. The molecular formula is C12H15N3. The smallest absolute Gasteiger partial charge is 0.110 e. The van der Waals surface area contributed by atoms with Crippen molar-refractivity contribution in [2.24, 2.45) is 5.92 Å². The van der Waals surface area contributed by atoms with Crippen LogP contribution in [0.1, 0.15) is 37.9 Å². The Morgan fingerprint density at radius 3 is 3.07 bits per heavy atom. The molecule has 15 heavy (non-hydrogen) atoms. The Bertz CT molecular complexity index is 441. The van der Waals surface area contributed by atoms with E-state index in [0.29, 0.717) is 5.92 Å². The van der Waals surface area contributed by atoms with Gasteiger partial charge in [-0.1, -0.05) is 13.3 Å². The van der Waals surface area contributed by atoms with E-state index in [-0.39, 0.29) is 0 Å². The van der Waals surface area contributed by atoms with Crippen LogP contribution in [0, 0.1) is 5.92 Å². The average Bonchev–Trinajstić information content (AvgIpc) is 2.82. The second-order valence-corrected chi connectivity index (χ2v) is 4.53. The highest BCUT2D eigenvalue weighted by atomic mass is 14.9. The van der Waals surface area contributed by atoms with Gasteiger partial charge in [-0.2, -0.15) is 0 Å². The van der Waals surface area contributed by atoms with E-state index >= 15 is 0 Å². The number of imidazole rings is 1. The summed E-state index contributed by atoms with van der Waals surface area (Å²) in [6.07, 6.45) is 7.59. The molecule has 3 rings (SSSR count). The number of aromatic amines is 1. The number of hydrogen-bond donors (Lipinski definition) is 1. The van der Waals surface area contributed by atoms with Gasteiger partial charge in [0.15, 0.2) is 0 Å². The SMILES string of the molecule is CC1CCCC1c1nc2ccncc2[nH]1. The van der Waals surface area contributed by atoms with Crippen LogP contribution in [-0.2, 0) is 0 Å². The lowest BCUT2D eigenvalue weighted by atomic mass is 9.98. The Kier molecular flexibility index (Phi) is 1.97. The summed E-state index contributed by atoms with van der Waals surface area (Å²) < 4.78 is 0. The number of aromatic nitrogens is 3. The molecule has 0 aliphatic heterocycles. The molecule has 0 radical (unpaired) electrons. The van der Waals surface area contributed by atoms with Gasteiger partial charge in [-0.3, -0.25) is 4.98 Å². The molecule has 0 bridgehead atoms. The summed E-state index contributed by atoms with van der Waals surface area (Å²) in [5.41, 5.74) is 2.10. The molecule has 0 aromatic carbocycles. The largest absolute Gasteiger partial charge is 0.340 e. The van der Waals surface area contributed by atoms with Crippen LogP contribution < -0.4 is 0 Å². The van der Waals surface area contributed by atoms with E-state index in [1.54, 1.807) is 6.20 Å². The molecule has 0 amide bonds. The normalized spacial score (nSPS) is 26.2. The Hall–Kier alpha value is -1.38. The topological polar surface area (TPSA) is 41.6 Å². The molecule has 2 aromatic heterocycles. The fourth-order valence-electron chi connectivity index (χ4n) is 2.60. The molecule has 2 unspecified atom stereocenters. The van der Waals surface area contributed by atoms with Gasteiger partial charge in [0.1, 0.15) is 5.82 Å². The molecule has 2 aromatic rings. The van der Waals surface area contributed by atoms with Gasteiger partial charge in [-0.25, -0.2) is 4.98 Å². The van der Waals surface area contributed by atoms with Crippen LogP contribution in [-0.4, -0.2) is 15.0 Å². The monoisotopic (exact) mass is 201 g/mol. The van der Waals surface area contributed by atoms with Gasteiger partial charge < -0.3 is 4.98 Å². The first-order valence-corrected chi connectivity index (χ1v) is 5.64. The van der Waals surface area contributed by atoms with Gasteiger partial charge >= 0.3 is 0 Å². The van der Waals surface area contributed by atoms with E-state index in [9.17, 15) is 0 Å². The zero-order valence-corrected chi connectivity index (χ0v) is 8.90. The molecule has 3 heteroatoms. The van der Waals surface area contributed by atoms with E-state index in [0.717, 1.165) is 22.8 Å². The Balaban J connectivity index is 2.04. The van der Waals surface area contributed by atoms with Crippen LogP contribution in [0.3, 0.4) is 0 Å². The lowest BCUT2D eigenvalue weighted by Gasteiger charge is -2.11. The highest BCUT2D eigenvalue weighted by Gasteiger charge is 2.27. The molecule has 1 fully saturated rings. The van der Waals surface area contributed by atoms with Crippen molar-refractivity contribution in [3.05, 3.63) is 24.3 Å². The Morgan fingerprint density at radius 1 is 1.40 bits per heavy atom. The minimum Gasteiger partial charge on any atom is -0.340 e. The molecule has 2 heterocycles. The number of nitrogens with one attached hydrogen (secondary N) is 1. The van der Waals surface area contributed by atoms with Gasteiger partial charge in [0.2, 0.25) is 0 Å². The highest BCUT2D eigenvalue weighted by Crippen LogP contribution is 2.38. The van der Waals surface area contributed by atoms with Crippen molar-refractivity contribution in [1.82, 2.24) is 15.0 Å². The maximum Gasteiger partial charge on any atom is 0.110 e. The Labute approximate surface area is 88.9 Å². The van der Waals surface area contributed by atoms with Crippen LogP contribution in [0.25, 0.3) is 11.0 Å². The van der Waals surface area contributed by atoms with Crippen molar-refractivity contribution < 1.29 is 0 Å². The van der Waals surface area contributed by atoms with Crippen molar-refractivity contribution in [3.63, 3.8) is 0 Å². The van der Waals surface area contributed by atoms with Crippen molar-refractivity contribution >= 4 is 11.0 Å². The van der Waals surface area contributed by atoms with Crippen LogP contribution in [0.2, 0.25) is 0 Å². The van der Waals surface area contributed by atoms with E-state index in [2.05, 4.69) is 21.9 Å². The van der Waals surface area contributed by atoms with E-state index < -0.39 is 0 Å². The zero-order valence-electron chi connectivity index (χ0n) is 8.90. The maximum absolute atomic E-state index is 4.65. The second-order valence-electron chi connectivity index (χ2n) is 4.53. The molecule has 1 aliphatic rings. The summed E-state index contributed by atoms with van der Waals surface area (Å²) >= 11 is 0. The second kappa shape index (κ2) is 3.33. The third-order valence-electron chi connectivity index (χ3n) is 3.51. The third-order valence-corrected chi connectivity index (χ3v) is 3.51. The number of nitrogens with zero attached hydrogens (tertiary/aromatic N) is 2. The fourth-order valence-corrected chi connectivity index (χ4v) is 2.60. The van der Waals surface area contributed by atoms with Gasteiger partial charge in [0.05, 0.1) is 17.2 Å². The zero-order chi connectivity index (χ0) is 10.3. The third kappa shape index (κ3) is 1.42. The van der Waals surface area contributed by atoms with E-state index in [4.69, 9.17) is 0 Å². The Morgan fingerprint density at radius 2 is 2.33 bits per heavy atom. The van der Waals surface area contributed by atoms with Crippen molar-refractivity contribution in [3.8, 4) is 0 Å². The number of pyridine rings is 1. The van der Waals surface area contributed by atoms with Crippen LogP contribution >= 0.6 is 0 Å². The van der Waals surface area contributed by atoms with Crippen molar-refractivity contribution in [1.29, 1.82) is 0 Å². The van der Waals surface area contributed by atoms with Crippen LogP contribution in [0.4, 0.5) is 0 Å². The van der Waals surface area contributed by atoms with Gasteiger partial charge in [0.25, 0.3) is 0 Å². The predicted octanol–water partition coefficient (Wildman–Crippen LogP) is 2.86. The molecule has 1 saturated carbocycles. The predicted molar refractivity (Wildman–Crippen MR) is 59.6 cm³/mol. The van der Waals surface area contributed by atoms with Crippen LogP contribution in [0.15, 0.2) is 18.5 Å². The molecule has 1 aliphatic carbocycles. The van der Waals surface area contributed by atoms with Crippen LogP contribution in [0.5, 0.6) is 0 Å².